The molecule has 0 aromatic heterocycles. The molecule has 0 radical (unpaired) electrons. The summed E-state index contributed by atoms with van der Waals surface area (Å²) >= 11 is 0. The molecule has 0 amide bonds. The van der Waals surface area contributed by atoms with Crippen LogP contribution in [0.25, 0.3) is 0 Å². The summed E-state index contributed by atoms with van der Waals surface area (Å²) in [4.78, 5) is 0. The van der Waals surface area contributed by atoms with Crippen molar-refractivity contribution in [3.8, 4) is 5.75 Å². The lowest BCUT2D eigenvalue weighted by molar-refractivity contribution is 0.175. The van der Waals surface area contributed by atoms with Crippen LogP contribution in [0.3, 0.4) is 0 Å². The third-order valence-corrected chi connectivity index (χ3v) is 2.99. The third-order valence-electron chi connectivity index (χ3n) is 2.99. The molecule has 2 N–H and O–H groups in total. The summed E-state index contributed by atoms with van der Waals surface area (Å²) in [6, 6.07) is 5.82. The van der Waals surface area contributed by atoms with Crippen LogP contribution in [0.5, 0.6) is 5.75 Å². The maximum atomic E-state index is 6.22. The molecular weight excluding hydrogens is 214 g/mol. The van der Waals surface area contributed by atoms with E-state index in [9.17, 15) is 0 Å². The Morgan fingerprint density at radius 2 is 2.24 bits per heavy atom. The molecule has 0 aliphatic carbocycles. The standard InChI is InChI=1S/C14H19NO2/c1-10-6-7-11(13(9-10)16-2)14(15)12-5-3-4-8-17-12/h5-7,9,14H,3-4,8,15H2,1-2H3. The highest BCUT2D eigenvalue weighted by molar-refractivity contribution is 5.41. The number of methoxy groups -OCH3 is 1. The Morgan fingerprint density at radius 1 is 1.41 bits per heavy atom. The van der Waals surface area contributed by atoms with Crippen LogP contribution in [0.2, 0.25) is 0 Å². The maximum Gasteiger partial charge on any atom is 0.124 e. The summed E-state index contributed by atoms with van der Waals surface area (Å²) < 4.78 is 11.0. The van der Waals surface area contributed by atoms with Crippen LogP contribution in [-0.2, 0) is 4.74 Å². The molecule has 2 rings (SSSR count). The summed E-state index contributed by atoms with van der Waals surface area (Å²) in [5, 5.41) is 0. The lowest BCUT2D eigenvalue weighted by Gasteiger charge is -2.22. The van der Waals surface area contributed by atoms with Gasteiger partial charge in [0, 0.05) is 5.56 Å². The van der Waals surface area contributed by atoms with Gasteiger partial charge in [0.15, 0.2) is 0 Å². The average Bonchev–Trinajstić information content (AvgIpc) is 2.39. The smallest absolute Gasteiger partial charge is 0.124 e. The molecule has 1 atom stereocenters. The molecule has 0 spiro atoms. The molecule has 0 saturated carbocycles. The summed E-state index contributed by atoms with van der Waals surface area (Å²) in [7, 11) is 1.67. The fraction of sp³-hybridized carbons (Fsp3) is 0.429. The molecule has 1 heterocycles. The van der Waals surface area contributed by atoms with Gasteiger partial charge in [-0.3, -0.25) is 0 Å². The molecule has 1 aliphatic heterocycles. The molecule has 0 fully saturated rings. The van der Waals surface area contributed by atoms with E-state index in [2.05, 4.69) is 6.08 Å². The first-order chi connectivity index (χ1) is 8.22. The molecule has 1 aromatic carbocycles. The van der Waals surface area contributed by atoms with Gasteiger partial charge in [0.1, 0.15) is 11.5 Å². The molecule has 17 heavy (non-hydrogen) atoms. The van der Waals surface area contributed by atoms with Crippen LogP contribution in [-0.4, -0.2) is 13.7 Å². The Balaban J connectivity index is 2.29. The van der Waals surface area contributed by atoms with E-state index in [0.29, 0.717) is 0 Å². The van der Waals surface area contributed by atoms with Gasteiger partial charge in [0.2, 0.25) is 0 Å². The monoisotopic (exact) mass is 233 g/mol. The van der Waals surface area contributed by atoms with Gasteiger partial charge in [-0.05, 0) is 37.5 Å². The first-order valence-electron chi connectivity index (χ1n) is 5.95. The minimum absolute atomic E-state index is 0.231. The van der Waals surface area contributed by atoms with Crippen molar-refractivity contribution in [2.24, 2.45) is 5.73 Å². The minimum Gasteiger partial charge on any atom is -0.496 e. The summed E-state index contributed by atoms with van der Waals surface area (Å²) in [5.74, 6) is 1.69. The topological polar surface area (TPSA) is 44.5 Å². The number of ether oxygens (including phenoxy) is 2. The first-order valence-corrected chi connectivity index (χ1v) is 5.95. The molecule has 1 aromatic rings. The Morgan fingerprint density at radius 3 is 2.88 bits per heavy atom. The van der Waals surface area contributed by atoms with E-state index in [1.807, 2.05) is 25.1 Å². The normalized spacial score (nSPS) is 17.0. The Labute approximate surface area is 102 Å². The van der Waals surface area contributed by atoms with Crippen LogP contribution in [0.15, 0.2) is 30.0 Å². The van der Waals surface area contributed by atoms with Crippen LogP contribution in [0.4, 0.5) is 0 Å². The first kappa shape index (κ1) is 12.0. The molecular formula is C14H19NO2. The van der Waals surface area contributed by atoms with E-state index in [1.54, 1.807) is 7.11 Å². The number of nitrogens with two attached hydrogens (primary N) is 1. The van der Waals surface area contributed by atoms with Crippen LogP contribution < -0.4 is 10.5 Å². The Kier molecular flexibility index (Phi) is 3.69. The van der Waals surface area contributed by atoms with E-state index < -0.39 is 0 Å². The molecule has 0 bridgehead atoms. The largest absolute Gasteiger partial charge is 0.496 e. The summed E-state index contributed by atoms with van der Waals surface area (Å²) in [5.41, 5.74) is 8.36. The lowest BCUT2D eigenvalue weighted by atomic mass is 10.0. The number of benzene rings is 1. The van der Waals surface area contributed by atoms with Gasteiger partial charge in [-0.1, -0.05) is 12.1 Å². The van der Waals surface area contributed by atoms with Gasteiger partial charge in [0.25, 0.3) is 0 Å². The number of hydrogen-bond acceptors (Lipinski definition) is 3. The van der Waals surface area contributed by atoms with Gasteiger partial charge in [0.05, 0.1) is 19.8 Å². The highest BCUT2D eigenvalue weighted by Crippen LogP contribution is 2.31. The number of hydrogen-bond donors (Lipinski definition) is 1. The van der Waals surface area contributed by atoms with E-state index in [4.69, 9.17) is 15.2 Å². The van der Waals surface area contributed by atoms with Gasteiger partial charge < -0.3 is 15.2 Å². The van der Waals surface area contributed by atoms with Crippen LogP contribution in [0, 0.1) is 6.92 Å². The van der Waals surface area contributed by atoms with Gasteiger partial charge in [-0.15, -0.1) is 0 Å². The number of aryl methyl sites for hydroxylation is 1. The quantitative estimate of drug-likeness (QED) is 0.873. The summed E-state index contributed by atoms with van der Waals surface area (Å²) in [6.45, 7) is 2.79. The van der Waals surface area contributed by atoms with Gasteiger partial charge in [-0.25, -0.2) is 0 Å². The van der Waals surface area contributed by atoms with Crippen LogP contribution >= 0.6 is 0 Å². The molecule has 1 aliphatic rings. The van der Waals surface area contributed by atoms with Crippen molar-refractivity contribution in [1.29, 1.82) is 0 Å². The summed E-state index contributed by atoms with van der Waals surface area (Å²) in [6.07, 6.45) is 4.19. The SMILES string of the molecule is COc1cc(C)ccc1C(N)C1=CCCCO1. The van der Waals surface area contributed by atoms with Crippen molar-refractivity contribution in [3.05, 3.63) is 41.2 Å². The molecule has 3 nitrogen and oxygen atoms in total. The zero-order chi connectivity index (χ0) is 12.3. The molecule has 92 valence electrons. The second-order valence-electron chi connectivity index (χ2n) is 4.32. The highest BCUT2D eigenvalue weighted by Gasteiger charge is 2.19. The number of allylic oxidation sites excluding steroid dienone is 1. The van der Waals surface area contributed by atoms with Gasteiger partial charge in [-0.2, -0.15) is 0 Å². The van der Waals surface area contributed by atoms with Crippen LogP contribution in [0.1, 0.15) is 30.0 Å². The lowest BCUT2D eigenvalue weighted by Crippen LogP contribution is -2.18. The molecule has 3 heteroatoms. The van der Waals surface area contributed by atoms with E-state index in [-0.39, 0.29) is 6.04 Å². The predicted molar refractivity (Wildman–Crippen MR) is 67.9 cm³/mol. The Hall–Kier alpha value is -1.48. The zero-order valence-corrected chi connectivity index (χ0v) is 10.4. The number of rotatable bonds is 3. The van der Waals surface area contributed by atoms with Crippen molar-refractivity contribution in [2.45, 2.75) is 25.8 Å². The van der Waals surface area contributed by atoms with Crippen molar-refractivity contribution in [2.75, 3.05) is 13.7 Å². The van der Waals surface area contributed by atoms with Crippen molar-refractivity contribution in [1.82, 2.24) is 0 Å². The zero-order valence-electron chi connectivity index (χ0n) is 10.4. The fourth-order valence-corrected chi connectivity index (χ4v) is 2.02. The highest BCUT2D eigenvalue weighted by atomic mass is 16.5. The van der Waals surface area contributed by atoms with Gasteiger partial charge >= 0.3 is 0 Å². The Bertz CT molecular complexity index is 426. The van der Waals surface area contributed by atoms with Crippen molar-refractivity contribution in [3.63, 3.8) is 0 Å². The maximum absolute atomic E-state index is 6.22. The van der Waals surface area contributed by atoms with E-state index >= 15 is 0 Å². The minimum atomic E-state index is -0.231. The average molecular weight is 233 g/mol. The van der Waals surface area contributed by atoms with E-state index in [0.717, 1.165) is 42.1 Å². The van der Waals surface area contributed by atoms with Crippen molar-refractivity contribution < 1.29 is 9.47 Å². The van der Waals surface area contributed by atoms with E-state index in [1.165, 1.54) is 0 Å². The second-order valence-corrected chi connectivity index (χ2v) is 4.32. The molecule has 1 unspecified atom stereocenters. The fourth-order valence-electron chi connectivity index (χ4n) is 2.02. The predicted octanol–water partition coefficient (Wildman–Crippen LogP) is 2.70. The third kappa shape index (κ3) is 2.61. The molecule has 0 saturated heterocycles. The van der Waals surface area contributed by atoms with Crippen molar-refractivity contribution >= 4 is 0 Å². The second kappa shape index (κ2) is 5.23.